The van der Waals surface area contributed by atoms with Crippen LogP contribution in [0.1, 0.15) is 30.1 Å². The lowest BCUT2D eigenvalue weighted by Gasteiger charge is -2.13. The molecule has 1 rings (SSSR count). The van der Waals surface area contributed by atoms with E-state index in [0.717, 1.165) is 6.07 Å². The highest BCUT2D eigenvalue weighted by Crippen LogP contribution is 2.23. The Balaban J connectivity index is 3.16. The fourth-order valence-corrected chi connectivity index (χ4v) is 2.98. The molecule has 0 unspecified atom stereocenters. The Hall–Kier alpha value is -1.64. The molecule has 4 N–H and O–H groups in total. The molecule has 0 spiro atoms. The third kappa shape index (κ3) is 5.00. The standard InChI is InChI=1S/C13H20N2O5S/c1-2-6-15-21(19,20)12-9-10(13(17)18)4-5-11(12)14-7-3-8-16/h4-5,9,14-16H,2-3,6-8H2,1H3,(H,17,18). The number of benzene rings is 1. The van der Waals surface area contributed by atoms with E-state index in [4.69, 9.17) is 10.2 Å². The normalized spacial score (nSPS) is 11.3. The molecule has 0 atom stereocenters. The zero-order valence-corrected chi connectivity index (χ0v) is 12.6. The minimum atomic E-state index is -3.78. The summed E-state index contributed by atoms with van der Waals surface area (Å²) in [7, 11) is -3.78. The SMILES string of the molecule is CCCNS(=O)(=O)c1cc(C(=O)O)ccc1NCCCO. The average molecular weight is 316 g/mol. The van der Waals surface area contributed by atoms with Gasteiger partial charge in [-0.2, -0.15) is 0 Å². The predicted octanol–water partition coefficient (Wildman–Crippen LogP) is 0.867. The number of rotatable bonds is 9. The van der Waals surface area contributed by atoms with Crippen LogP contribution in [-0.4, -0.2) is 44.3 Å². The molecule has 0 radical (unpaired) electrons. The Kier molecular flexibility index (Phi) is 6.60. The first-order chi connectivity index (χ1) is 9.92. The van der Waals surface area contributed by atoms with Gasteiger partial charge in [0.2, 0.25) is 10.0 Å². The highest BCUT2D eigenvalue weighted by atomic mass is 32.2. The van der Waals surface area contributed by atoms with Gasteiger partial charge in [0, 0.05) is 19.7 Å². The molecular formula is C13H20N2O5S. The second-order valence-corrected chi connectivity index (χ2v) is 6.15. The maximum absolute atomic E-state index is 12.2. The van der Waals surface area contributed by atoms with E-state index in [1.54, 1.807) is 0 Å². The van der Waals surface area contributed by atoms with Gasteiger partial charge in [0.15, 0.2) is 0 Å². The van der Waals surface area contributed by atoms with E-state index in [2.05, 4.69) is 10.0 Å². The number of carboxylic acid groups (broad SMARTS) is 1. The summed E-state index contributed by atoms with van der Waals surface area (Å²) in [6, 6.07) is 3.88. The summed E-state index contributed by atoms with van der Waals surface area (Å²) in [6.07, 6.45) is 1.09. The highest BCUT2D eigenvalue weighted by molar-refractivity contribution is 7.89. The number of hydrogen-bond acceptors (Lipinski definition) is 5. The maximum atomic E-state index is 12.2. The van der Waals surface area contributed by atoms with Gasteiger partial charge in [-0.25, -0.2) is 17.9 Å². The molecule has 0 aliphatic heterocycles. The lowest BCUT2D eigenvalue weighted by molar-refractivity contribution is 0.0696. The predicted molar refractivity (Wildman–Crippen MR) is 79.1 cm³/mol. The summed E-state index contributed by atoms with van der Waals surface area (Å²) in [5, 5.41) is 20.6. The molecule has 0 fully saturated rings. The number of anilines is 1. The summed E-state index contributed by atoms with van der Waals surface area (Å²) >= 11 is 0. The molecule has 1 aromatic carbocycles. The zero-order chi connectivity index (χ0) is 15.9. The van der Waals surface area contributed by atoms with E-state index < -0.39 is 16.0 Å². The Morgan fingerprint density at radius 3 is 2.57 bits per heavy atom. The van der Waals surface area contributed by atoms with Crippen molar-refractivity contribution in [3.8, 4) is 0 Å². The van der Waals surface area contributed by atoms with E-state index in [9.17, 15) is 13.2 Å². The third-order valence-electron chi connectivity index (χ3n) is 2.71. The number of hydrogen-bond donors (Lipinski definition) is 4. The number of carboxylic acids is 1. The van der Waals surface area contributed by atoms with Crippen molar-refractivity contribution in [2.45, 2.75) is 24.7 Å². The second-order valence-electron chi connectivity index (χ2n) is 4.42. The van der Waals surface area contributed by atoms with E-state index in [1.807, 2.05) is 6.92 Å². The van der Waals surface area contributed by atoms with Crippen LogP contribution < -0.4 is 10.0 Å². The lowest BCUT2D eigenvalue weighted by atomic mass is 10.2. The maximum Gasteiger partial charge on any atom is 0.335 e. The molecule has 0 heterocycles. The summed E-state index contributed by atoms with van der Waals surface area (Å²) in [5.41, 5.74) is 0.219. The molecular weight excluding hydrogens is 296 g/mol. The fourth-order valence-electron chi connectivity index (χ4n) is 1.64. The van der Waals surface area contributed by atoms with Gasteiger partial charge in [-0.15, -0.1) is 0 Å². The third-order valence-corrected chi connectivity index (χ3v) is 4.21. The van der Waals surface area contributed by atoms with Gasteiger partial charge < -0.3 is 15.5 Å². The van der Waals surface area contributed by atoms with Crippen molar-refractivity contribution in [3.63, 3.8) is 0 Å². The summed E-state index contributed by atoms with van der Waals surface area (Å²) in [6.45, 7) is 2.47. The number of carbonyl (C=O) groups is 1. The molecule has 0 aliphatic rings. The quantitative estimate of drug-likeness (QED) is 0.502. The largest absolute Gasteiger partial charge is 0.478 e. The molecule has 0 saturated carbocycles. The molecule has 118 valence electrons. The van der Waals surface area contributed by atoms with E-state index in [0.29, 0.717) is 25.1 Å². The second kappa shape index (κ2) is 7.96. The van der Waals surface area contributed by atoms with Crippen LogP contribution in [0.3, 0.4) is 0 Å². The van der Waals surface area contributed by atoms with Crippen LogP contribution in [0.25, 0.3) is 0 Å². The first-order valence-electron chi connectivity index (χ1n) is 6.64. The van der Waals surface area contributed by atoms with Crippen molar-refractivity contribution in [2.75, 3.05) is 25.0 Å². The monoisotopic (exact) mass is 316 g/mol. The summed E-state index contributed by atoms with van der Waals surface area (Å²) in [5.74, 6) is -1.19. The van der Waals surface area contributed by atoms with Crippen LogP contribution in [0.15, 0.2) is 23.1 Å². The van der Waals surface area contributed by atoms with Crippen molar-refractivity contribution < 1.29 is 23.4 Å². The van der Waals surface area contributed by atoms with Crippen molar-refractivity contribution >= 4 is 21.7 Å². The Morgan fingerprint density at radius 1 is 1.29 bits per heavy atom. The molecule has 7 nitrogen and oxygen atoms in total. The van der Waals surface area contributed by atoms with Crippen LogP contribution >= 0.6 is 0 Å². The lowest BCUT2D eigenvalue weighted by Crippen LogP contribution is -2.26. The fraction of sp³-hybridized carbons (Fsp3) is 0.462. The summed E-state index contributed by atoms with van der Waals surface area (Å²) in [4.78, 5) is 10.9. The molecule has 21 heavy (non-hydrogen) atoms. The van der Waals surface area contributed by atoms with Crippen molar-refractivity contribution in [3.05, 3.63) is 23.8 Å². The first-order valence-corrected chi connectivity index (χ1v) is 8.12. The number of aliphatic hydroxyl groups excluding tert-OH is 1. The van der Waals surface area contributed by atoms with Gasteiger partial charge in [-0.05, 0) is 31.0 Å². The van der Waals surface area contributed by atoms with Gasteiger partial charge in [0.25, 0.3) is 0 Å². The van der Waals surface area contributed by atoms with E-state index >= 15 is 0 Å². The van der Waals surface area contributed by atoms with Crippen LogP contribution in [0.4, 0.5) is 5.69 Å². The molecule has 0 saturated heterocycles. The number of nitrogens with one attached hydrogen (secondary N) is 2. The zero-order valence-electron chi connectivity index (χ0n) is 11.8. The minimum Gasteiger partial charge on any atom is -0.478 e. The number of sulfonamides is 1. The van der Waals surface area contributed by atoms with Gasteiger partial charge in [-0.3, -0.25) is 0 Å². The van der Waals surface area contributed by atoms with Crippen molar-refractivity contribution in [2.24, 2.45) is 0 Å². The summed E-state index contributed by atoms with van der Waals surface area (Å²) < 4.78 is 26.9. The van der Waals surface area contributed by atoms with Crippen LogP contribution in [0.5, 0.6) is 0 Å². The average Bonchev–Trinajstić information content (AvgIpc) is 2.45. The molecule has 0 aliphatic carbocycles. The van der Waals surface area contributed by atoms with Gasteiger partial charge in [0.1, 0.15) is 4.90 Å². The van der Waals surface area contributed by atoms with Gasteiger partial charge in [-0.1, -0.05) is 6.92 Å². The smallest absolute Gasteiger partial charge is 0.335 e. The van der Waals surface area contributed by atoms with E-state index in [-0.39, 0.29) is 23.6 Å². The van der Waals surface area contributed by atoms with Crippen LogP contribution in [-0.2, 0) is 10.0 Å². The molecule has 8 heteroatoms. The van der Waals surface area contributed by atoms with Gasteiger partial charge >= 0.3 is 5.97 Å². The molecule has 0 aromatic heterocycles. The molecule has 1 aromatic rings. The van der Waals surface area contributed by atoms with Crippen molar-refractivity contribution in [1.82, 2.24) is 4.72 Å². The number of aliphatic hydroxyl groups is 1. The minimum absolute atomic E-state index is 0.0175. The molecule has 0 amide bonds. The highest BCUT2D eigenvalue weighted by Gasteiger charge is 2.20. The number of aromatic carboxylic acids is 1. The Bertz CT molecular complexity index is 586. The topological polar surface area (TPSA) is 116 Å². The van der Waals surface area contributed by atoms with Crippen molar-refractivity contribution in [1.29, 1.82) is 0 Å². The Labute approximate surface area is 124 Å². The van der Waals surface area contributed by atoms with Crippen LogP contribution in [0.2, 0.25) is 0 Å². The first kappa shape index (κ1) is 17.4. The van der Waals surface area contributed by atoms with E-state index in [1.165, 1.54) is 12.1 Å². The molecule has 0 bridgehead atoms. The Morgan fingerprint density at radius 2 is 2.00 bits per heavy atom. The van der Waals surface area contributed by atoms with Crippen LogP contribution in [0, 0.1) is 0 Å². The van der Waals surface area contributed by atoms with Gasteiger partial charge in [0.05, 0.1) is 11.3 Å².